The molecule has 4 heteroatoms. The number of rotatable bonds is 5. The summed E-state index contributed by atoms with van der Waals surface area (Å²) in [6.07, 6.45) is 0.951. The number of hydrogen-bond acceptors (Lipinski definition) is 2. The second-order valence-corrected chi connectivity index (χ2v) is 6.00. The molecule has 0 spiro atoms. The highest BCUT2D eigenvalue weighted by Crippen LogP contribution is 2.24. The number of likely N-dealkylation sites (N-methyl/N-ethyl adjacent to an activating group) is 1. The maximum atomic E-state index is 4.52. The molecule has 0 amide bonds. The summed E-state index contributed by atoms with van der Waals surface area (Å²) in [5.74, 6) is 0. The summed E-state index contributed by atoms with van der Waals surface area (Å²) in [6, 6.07) is 9.03. The highest BCUT2D eigenvalue weighted by molar-refractivity contribution is 9.10. The lowest BCUT2D eigenvalue weighted by molar-refractivity contribution is 0.541. The molecule has 108 valence electrons. The molecule has 0 aliphatic carbocycles. The van der Waals surface area contributed by atoms with Gasteiger partial charge in [0.25, 0.3) is 0 Å². The lowest BCUT2D eigenvalue weighted by atomic mass is 10.00. The monoisotopic (exact) mass is 335 g/mol. The molecule has 2 rings (SSSR count). The van der Waals surface area contributed by atoms with Crippen molar-refractivity contribution >= 4 is 15.9 Å². The van der Waals surface area contributed by atoms with Crippen LogP contribution in [0.15, 0.2) is 28.7 Å². The van der Waals surface area contributed by atoms with Crippen LogP contribution in [0.25, 0.3) is 0 Å². The van der Waals surface area contributed by atoms with Crippen LogP contribution in [-0.4, -0.2) is 16.8 Å². The van der Waals surface area contributed by atoms with Crippen molar-refractivity contribution in [2.24, 2.45) is 0 Å². The third-order valence-electron chi connectivity index (χ3n) is 3.63. The van der Waals surface area contributed by atoms with Crippen molar-refractivity contribution in [1.82, 2.24) is 15.1 Å². The number of halogens is 1. The van der Waals surface area contributed by atoms with E-state index in [-0.39, 0.29) is 0 Å². The van der Waals surface area contributed by atoms with Gasteiger partial charge < -0.3 is 5.32 Å². The van der Waals surface area contributed by atoms with Crippen LogP contribution >= 0.6 is 15.9 Å². The second-order valence-electron chi connectivity index (χ2n) is 5.15. The van der Waals surface area contributed by atoms with Crippen LogP contribution in [-0.2, 0) is 13.0 Å². The predicted molar refractivity (Wildman–Crippen MR) is 87.0 cm³/mol. The van der Waals surface area contributed by atoms with Gasteiger partial charge in [-0.1, -0.05) is 28.1 Å². The molecule has 0 bridgehead atoms. The summed E-state index contributed by atoms with van der Waals surface area (Å²) < 4.78 is 3.25. The predicted octanol–water partition coefficient (Wildman–Crippen LogP) is 3.79. The van der Waals surface area contributed by atoms with E-state index in [0.717, 1.165) is 23.1 Å². The zero-order valence-electron chi connectivity index (χ0n) is 12.6. The van der Waals surface area contributed by atoms with Gasteiger partial charge in [0.1, 0.15) is 0 Å². The zero-order valence-corrected chi connectivity index (χ0v) is 14.2. The van der Waals surface area contributed by atoms with Crippen LogP contribution in [0, 0.1) is 13.8 Å². The van der Waals surface area contributed by atoms with E-state index in [1.807, 2.05) is 14.0 Å². The van der Waals surface area contributed by atoms with E-state index < -0.39 is 0 Å². The number of nitrogens with one attached hydrogen (secondary N) is 1. The van der Waals surface area contributed by atoms with E-state index in [4.69, 9.17) is 0 Å². The molecule has 1 heterocycles. The second kappa shape index (κ2) is 6.55. The third-order valence-corrected chi connectivity index (χ3v) is 4.52. The lowest BCUT2D eigenvalue weighted by Gasteiger charge is -2.18. The van der Waals surface area contributed by atoms with Crippen molar-refractivity contribution in [2.45, 2.75) is 39.8 Å². The summed E-state index contributed by atoms with van der Waals surface area (Å²) in [5.41, 5.74) is 4.95. The molecule has 1 N–H and O–H groups in total. The molecule has 1 unspecified atom stereocenters. The Morgan fingerprint density at radius 2 is 2.05 bits per heavy atom. The maximum absolute atomic E-state index is 4.52. The first-order valence-electron chi connectivity index (χ1n) is 7.01. The minimum Gasteiger partial charge on any atom is -0.313 e. The van der Waals surface area contributed by atoms with Crippen molar-refractivity contribution in [3.05, 3.63) is 51.3 Å². The van der Waals surface area contributed by atoms with E-state index in [1.54, 1.807) is 0 Å². The summed E-state index contributed by atoms with van der Waals surface area (Å²) in [5, 5.41) is 7.94. The first-order chi connectivity index (χ1) is 9.55. The molecule has 1 atom stereocenters. The first-order valence-corrected chi connectivity index (χ1v) is 7.81. The molecule has 0 aliphatic rings. The number of nitrogens with zero attached hydrogens (tertiary/aromatic N) is 2. The van der Waals surface area contributed by atoms with E-state index in [0.29, 0.717) is 6.04 Å². The molecule has 0 radical (unpaired) electrons. The van der Waals surface area contributed by atoms with Crippen molar-refractivity contribution in [3.63, 3.8) is 0 Å². The van der Waals surface area contributed by atoms with Crippen LogP contribution < -0.4 is 5.32 Å². The normalized spacial score (nSPS) is 12.7. The Morgan fingerprint density at radius 3 is 2.65 bits per heavy atom. The van der Waals surface area contributed by atoms with E-state index in [2.05, 4.69) is 69.1 Å². The molecule has 1 aromatic carbocycles. The minimum atomic E-state index is 0.309. The van der Waals surface area contributed by atoms with Crippen molar-refractivity contribution < 1.29 is 0 Å². The van der Waals surface area contributed by atoms with Gasteiger partial charge in [-0.3, -0.25) is 4.68 Å². The van der Waals surface area contributed by atoms with Gasteiger partial charge >= 0.3 is 0 Å². The molecule has 0 aliphatic heterocycles. The van der Waals surface area contributed by atoms with Gasteiger partial charge in [-0.25, -0.2) is 0 Å². The Kier molecular flexibility index (Phi) is 5.00. The van der Waals surface area contributed by atoms with Gasteiger partial charge in [0.2, 0.25) is 0 Å². The Hall–Kier alpha value is -1.13. The van der Waals surface area contributed by atoms with Crippen molar-refractivity contribution in [1.29, 1.82) is 0 Å². The Labute approximate surface area is 129 Å². The maximum Gasteiger partial charge on any atom is 0.0596 e. The van der Waals surface area contributed by atoms with Crippen LogP contribution in [0.5, 0.6) is 0 Å². The highest BCUT2D eigenvalue weighted by atomic mass is 79.9. The van der Waals surface area contributed by atoms with Gasteiger partial charge in [0.15, 0.2) is 0 Å². The standard InChI is InChI=1S/C16H22BrN3/c1-5-20-14(9-12(3)19-20)10-16(18-4)13-6-7-15(17)11(2)8-13/h6-9,16,18H,5,10H2,1-4H3. The van der Waals surface area contributed by atoms with Crippen molar-refractivity contribution in [2.75, 3.05) is 7.05 Å². The Morgan fingerprint density at radius 1 is 1.30 bits per heavy atom. The molecule has 0 saturated carbocycles. The topological polar surface area (TPSA) is 29.9 Å². The van der Waals surface area contributed by atoms with Gasteiger partial charge in [0.05, 0.1) is 5.69 Å². The number of benzene rings is 1. The molecule has 0 saturated heterocycles. The largest absolute Gasteiger partial charge is 0.313 e. The zero-order chi connectivity index (χ0) is 14.7. The fraction of sp³-hybridized carbons (Fsp3) is 0.438. The quantitative estimate of drug-likeness (QED) is 0.900. The molecule has 20 heavy (non-hydrogen) atoms. The summed E-state index contributed by atoms with van der Waals surface area (Å²) in [4.78, 5) is 0. The molecule has 3 nitrogen and oxygen atoms in total. The first kappa shape index (κ1) is 15.3. The van der Waals surface area contributed by atoms with Crippen LogP contribution in [0.3, 0.4) is 0 Å². The average Bonchev–Trinajstić information content (AvgIpc) is 2.79. The van der Waals surface area contributed by atoms with E-state index >= 15 is 0 Å². The number of aromatic nitrogens is 2. The van der Waals surface area contributed by atoms with E-state index in [9.17, 15) is 0 Å². The Balaban J connectivity index is 2.26. The van der Waals surface area contributed by atoms with Gasteiger partial charge in [-0.15, -0.1) is 0 Å². The SMILES string of the molecule is CCn1nc(C)cc1CC(NC)c1ccc(Br)c(C)c1. The van der Waals surface area contributed by atoms with Crippen LogP contribution in [0.4, 0.5) is 0 Å². The van der Waals surface area contributed by atoms with Gasteiger partial charge in [-0.2, -0.15) is 5.10 Å². The summed E-state index contributed by atoms with van der Waals surface area (Å²) in [7, 11) is 2.02. The smallest absolute Gasteiger partial charge is 0.0596 e. The fourth-order valence-corrected chi connectivity index (χ4v) is 2.76. The Bertz CT molecular complexity index is 589. The minimum absolute atomic E-state index is 0.309. The van der Waals surface area contributed by atoms with Gasteiger partial charge in [-0.05, 0) is 51.1 Å². The van der Waals surface area contributed by atoms with Crippen molar-refractivity contribution in [3.8, 4) is 0 Å². The molecular weight excluding hydrogens is 314 g/mol. The lowest BCUT2D eigenvalue weighted by Crippen LogP contribution is -2.20. The summed E-state index contributed by atoms with van der Waals surface area (Å²) in [6.45, 7) is 7.22. The number of aryl methyl sites for hydroxylation is 3. The molecule has 0 fully saturated rings. The summed E-state index contributed by atoms with van der Waals surface area (Å²) >= 11 is 3.56. The third kappa shape index (κ3) is 3.30. The van der Waals surface area contributed by atoms with Gasteiger partial charge in [0, 0.05) is 29.2 Å². The molecule has 2 aromatic rings. The fourth-order valence-electron chi connectivity index (χ4n) is 2.52. The van der Waals surface area contributed by atoms with Crippen LogP contribution in [0.1, 0.15) is 35.5 Å². The molecular formula is C16H22BrN3. The number of hydrogen-bond donors (Lipinski definition) is 1. The van der Waals surface area contributed by atoms with Crippen LogP contribution in [0.2, 0.25) is 0 Å². The van der Waals surface area contributed by atoms with E-state index in [1.165, 1.54) is 16.8 Å². The molecule has 1 aromatic heterocycles. The highest BCUT2D eigenvalue weighted by Gasteiger charge is 2.14. The average molecular weight is 336 g/mol.